The number of rotatable bonds is 2. The normalized spacial score (nSPS) is 18.7. The summed E-state index contributed by atoms with van der Waals surface area (Å²) in [6, 6.07) is 6.83. The van der Waals surface area contributed by atoms with Crippen molar-refractivity contribution in [1.29, 1.82) is 0 Å². The molecule has 18 heavy (non-hydrogen) atoms. The third kappa shape index (κ3) is 2.06. The second kappa shape index (κ2) is 4.78. The lowest BCUT2D eigenvalue weighted by Gasteiger charge is -2.18. The molecule has 1 aromatic carbocycles. The van der Waals surface area contributed by atoms with Gasteiger partial charge in [-0.15, -0.1) is 11.3 Å². The first kappa shape index (κ1) is 11.8. The van der Waals surface area contributed by atoms with Crippen LogP contribution in [-0.2, 0) is 12.8 Å². The van der Waals surface area contributed by atoms with Crippen molar-refractivity contribution in [3.05, 3.63) is 40.7 Å². The van der Waals surface area contributed by atoms with Gasteiger partial charge in [0.1, 0.15) is 10.8 Å². The van der Waals surface area contributed by atoms with Crippen LogP contribution in [0.1, 0.15) is 17.0 Å². The number of benzene rings is 1. The Balaban J connectivity index is 1.97. The van der Waals surface area contributed by atoms with Gasteiger partial charge in [-0.3, -0.25) is 0 Å². The molecule has 0 spiro atoms. The number of nitrogens with zero attached hydrogens (tertiary/aromatic N) is 1. The van der Waals surface area contributed by atoms with Gasteiger partial charge >= 0.3 is 0 Å². The highest BCUT2D eigenvalue weighted by Gasteiger charge is 2.22. The summed E-state index contributed by atoms with van der Waals surface area (Å²) in [6.07, 6.45) is 3.07. The monoisotopic (exact) mass is 262 g/mol. The molecule has 0 amide bonds. The first-order valence-electron chi connectivity index (χ1n) is 6.21. The van der Waals surface area contributed by atoms with E-state index in [-0.39, 0.29) is 5.82 Å². The number of hydrogen-bond donors (Lipinski definition) is 1. The zero-order chi connectivity index (χ0) is 12.5. The molecule has 2 N–H and O–H groups in total. The van der Waals surface area contributed by atoms with E-state index < -0.39 is 0 Å². The van der Waals surface area contributed by atoms with Crippen molar-refractivity contribution in [2.45, 2.75) is 19.3 Å². The summed E-state index contributed by atoms with van der Waals surface area (Å²) in [7, 11) is 0. The molecule has 0 radical (unpaired) electrons. The average Bonchev–Trinajstić information content (AvgIpc) is 2.81. The highest BCUT2D eigenvalue weighted by molar-refractivity contribution is 7.15. The average molecular weight is 262 g/mol. The van der Waals surface area contributed by atoms with Gasteiger partial charge in [-0.2, -0.15) is 0 Å². The van der Waals surface area contributed by atoms with Crippen LogP contribution in [-0.4, -0.2) is 11.5 Å². The molecule has 0 saturated heterocycles. The van der Waals surface area contributed by atoms with Gasteiger partial charge in [0.2, 0.25) is 0 Å². The van der Waals surface area contributed by atoms with Gasteiger partial charge in [0.15, 0.2) is 0 Å². The minimum atomic E-state index is -0.195. The van der Waals surface area contributed by atoms with Gasteiger partial charge in [-0.25, -0.2) is 9.37 Å². The molecular formula is C14H15FN2S. The van der Waals surface area contributed by atoms with E-state index in [0.717, 1.165) is 36.5 Å². The van der Waals surface area contributed by atoms with Crippen LogP contribution >= 0.6 is 11.3 Å². The van der Waals surface area contributed by atoms with Gasteiger partial charge in [-0.1, -0.05) is 12.1 Å². The van der Waals surface area contributed by atoms with Crippen LogP contribution in [0.2, 0.25) is 0 Å². The van der Waals surface area contributed by atoms with Crippen molar-refractivity contribution >= 4 is 11.3 Å². The third-order valence-electron chi connectivity index (χ3n) is 3.48. The zero-order valence-corrected chi connectivity index (χ0v) is 10.8. The van der Waals surface area contributed by atoms with E-state index in [1.54, 1.807) is 23.5 Å². The predicted molar refractivity (Wildman–Crippen MR) is 72.1 cm³/mol. The maximum atomic E-state index is 13.7. The fourth-order valence-corrected chi connectivity index (χ4v) is 3.64. The standard InChI is InChI=1S/C14H15FN2S/c15-11-4-2-1-3-10(11)14-17-12-6-5-9(8-16)7-13(12)18-14/h1-4,9H,5-8,16H2. The van der Waals surface area contributed by atoms with Gasteiger partial charge < -0.3 is 5.73 Å². The third-order valence-corrected chi connectivity index (χ3v) is 4.63. The largest absolute Gasteiger partial charge is 0.330 e. The zero-order valence-electron chi connectivity index (χ0n) is 10.0. The second-order valence-corrected chi connectivity index (χ2v) is 5.80. The number of aromatic nitrogens is 1. The van der Waals surface area contributed by atoms with Crippen molar-refractivity contribution in [3.63, 3.8) is 0 Å². The van der Waals surface area contributed by atoms with E-state index in [2.05, 4.69) is 4.98 Å². The summed E-state index contributed by atoms with van der Waals surface area (Å²) in [4.78, 5) is 5.88. The highest BCUT2D eigenvalue weighted by atomic mass is 32.1. The number of fused-ring (bicyclic) bond motifs is 1. The minimum Gasteiger partial charge on any atom is -0.330 e. The summed E-state index contributed by atoms with van der Waals surface area (Å²) in [5, 5.41) is 0.802. The van der Waals surface area contributed by atoms with E-state index in [9.17, 15) is 4.39 Å². The number of thiazole rings is 1. The smallest absolute Gasteiger partial charge is 0.133 e. The lowest BCUT2D eigenvalue weighted by atomic mass is 9.91. The van der Waals surface area contributed by atoms with Crippen molar-refractivity contribution in [2.24, 2.45) is 11.7 Å². The number of halogens is 1. The van der Waals surface area contributed by atoms with E-state index in [4.69, 9.17) is 5.73 Å². The van der Waals surface area contributed by atoms with Gasteiger partial charge in [-0.05, 0) is 43.9 Å². The molecular weight excluding hydrogens is 247 g/mol. The van der Waals surface area contributed by atoms with Crippen LogP contribution in [0.15, 0.2) is 24.3 Å². The van der Waals surface area contributed by atoms with Gasteiger partial charge in [0.25, 0.3) is 0 Å². The topological polar surface area (TPSA) is 38.9 Å². The summed E-state index contributed by atoms with van der Waals surface area (Å²) in [6.45, 7) is 0.729. The van der Waals surface area contributed by atoms with Crippen molar-refractivity contribution < 1.29 is 4.39 Å². The van der Waals surface area contributed by atoms with Gasteiger partial charge in [0, 0.05) is 10.4 Å². The first-order chi connectivity index (χ1) is 8.78. The molecule has 0 bridgehead atoms. The Morgan fingerprint density at radius 1 is 1.39 bits per heavy atom. The van der Waals surface area contributed by atoms with Gasteiger partial charge in [0.05, 0.1) is 5.69 Å². The van der Waals surface area contributed by atoms with Crippen LogP contribution in [0.5, 0.6) is 0 Å². The Bertz CT molecular complexity index is 565. The molecule has 2 nitrogen and oxygen atoms in total. The molecule has 94 valence electrons. The highest BCUT2D eigenvalue weighted by Crippen LogP contribution is 2.35. The van der Waals surface area contributed by atoms with E-state index in [1.807, 2.05) is 6.07 Å². The number of aryl methyl sites for hydroxylation is 1. The van der Waals surface area contributed by atoms with Crippen LogP contribution in [0.25, 0.3) is 10.6 Å². The van der Waals surface area contributed by atoms with Crippen LogP contribution < -0.4 is 5.73 Å². The van der Waals surface area contributed by atoms with E-state index >= 15 is 0 Å². The van der Waals surface area contributed by atoms with E-state index in [0.29, 0.717) is 11.5 Å². The quantitative estimate of drug-likeness (QED) is 0.903. The maximum absolute atomic E-state index is 13.7. The Kier molecular flexibility index (Phi) is 3.14. The van der Waals surface area contributed by atoms with Crippen molar-refractivity contribution in [1.82, 2.24) is 4.98 Å². The lowest BCUT2D eigenvalue weighted by molar-refractivity contribution is 0.470. The second-order valence-electron chi connectivity index (χ2n) is 4.71. The molecule has 1 unspecified atom stereocenters. The Hall–Kier alpha value is -1.26. The summed E-state index contributed by atoms with van der Waals surface area (Å²) in [5.41, 5.74) is 7.48. The molecule has 0 saturated carbocycles. The Labute approximate surface area is 110 Å². The Morgan fingerprint density at radius 2 is 2.22 bits per heavy atom. The molecule has 3 rings (SSSR count). The number of hydrogen-bond acceptors (Lipinski definition) is 3. The first-order valence-corrected chi connectivity index (χ1v) is 7.03. The molecule has 4 heteroatoms. The summed E-state index contributed by atoms with van der Waals surface area (Å²) >= 11 is 1.62. The number of nitrogens with two attached hydrogens (primary N) is 1. The molecule has 2 aromatic rings. The van der Waals surface area contributed by atoms with Crippen LogP contribution in [0.3, 0.4) is 0 Å². The molecule has 1 aliphatic carbocycles. The fraction of sp³-hybridized carbons (Fsp3) is 0.357. The Morgan fingerprint density at radius 3 is 3.00 bits per heavy atom. The molecule has 1 aliphatic rings. The van der Waals surface area contributed by atoms with Crippen molar-refractivity contribution in [2.75, 3.05) is 6.54 Å². The molecule has 1 atom stereocenters. The van der Waals surface area contributed by atoms with Crippen molar-refractivity contribution in [3.8, 4) is 10.6 Å². The fourth-order valence-electron chi connectivity index (χ4n) is 2.39. The minimum absolute atomic E-state index is 0.195. The predicted octanol–water partition coefficient (Wildman–Crippen LogP) is 3.01. The summed E-state index contributed by atoms with van der Waals surface area (Å²) < 4.78 is 13.7. The molecule has 0 fully saturated rings. The van der Waals surface area contributed by atoms with E-state index in [1.165, 1.54) is 10.9 Å². The SMILES string of the molecule is NCC1CCc2nc(-c3ccccc3F)sc2C1. The molecule has 0 aliphatic heterocycles. The van der Waals surface area contributed by atoms with Crippen LogP contribution in [0.4, 0.5) is 4.39 Å². The van der Waals surface area contributed by atoms with Crippen LogP contribution in [0, 0.1) is 11.7 Å². The lowest BCUT2D eigenvalue weighted by Crippen LogP contribution is -2.21. The summed E-state index contributed by atoms with van der Waals surface area (Å²) in [5.74, 6) is 0.366. The maximum Gasteiger partial charge on any atom is 0.133 e. The molecule has 1 heterocycles. The molecule has 1 aromatic heterocycles.